The number of amides is 1. The summed E-state index contributed by atoms with van der Waals surface area (Å²) in [6.07, 6.45) is 1.72. The lowest BCUT2D eigenvalue weighted by atomic mass is 10.3. The zero-order valence-corrected chi connectivity index (χ0v) is 9.95. The van der Waals surface area contributed by atoms with Crippen LogP contribution in [0.2, 0.25) is 0 Å². The Morgan fingerprint density at radius 1 is 1.53 bits per heavy atom. The molecule has 0 N–H and O–H groups in total. The Hall–Kier alpha value is -1.07. The third-order valence-corrected chi connectivity index (χ3v) is 3.51. The normalized spacial score (nSPS) is 19.3. The number of likely N-dealkylation sites (N-methyl/N-ethyl adjacent to an activating group) is 1. The van der Waals surface area contributed by atoms with Gasteiger partial charge in [-0.1, -0.05) is 24.0 Å². The lowest BCUT2D eigenvalue weighted by Crippen LogP contribution is -2.22. The van der Waals surface area contributed by atoms with E-state index in [2.05, 4.69) is 0 Å². The van der Waals surface area contributed by atoms with E-state index in [1.807, 2.05) is 19.1 Å². The highest BCUT2D eigenvalue weighted by molar-refractivity contribution is 8.26. The van der Waals surface area contributed by atoms with Crippen molar-refractivity contribution in [2.24, 2.45) is 0 Å². The van der Waals surface area contributed by atoms with Crippen LogP contribution in [0, 0.1) is 6.92 Å². The number of thioether (sulfide) groups is 1. The lowest BCUT2D eigenvalue weighted by molar-refractivity contribution is -0.121. The Balaban J connectivity index is 2.29. The van der Waals surface area contributed by atoms with Crippen LogP contribution in [0.4, 0.5) is 0 Å². The molecule has 5 heteroatoms. The zero-order chi connectivity index (χ0) is 11.0. The summed E-state index contributed by atoms with van der Waals surface area (Å²) in [5.41, 5.74) is 0. The second-order valence-corrected chi connectivity index (χ2v) is 4.86. The summed E-state index contributed by atoms with van der Waals surface area (Å²) >= 11 is 6.31. The van der Waals surface area contributed by atoms with Crippen molar-refractivity contribution in [3.63, 3.8) is 0 Å². The number of thiocarbonyl (C=S) groups is 1. The molecule has 1 aromatic heterocycles. The van der Waals surface area contributed by atoms with Crippen LogP contribution < -0.4 is 0 Å². The van der Waals surface area contributed by atoms with E-state index in [0.29, 0.717) is 15.0 Å². The van der Waals surface area contributed by atoms with Crippen molar-refractivity contribution in [3.8, 4) is 0 Å². The highest BCUT2D eigenvalue weighted by atomic mass is 32.2. The SMILES string of the molecule is Cc1ccc(/C=C2\SC(=S)N(C)C2=O)o1. The van der Waals surface area contributed by atoms with Gasteiger partial charge in [0.25, 0.3) is 5.91 Å². The number of carbonyl (C=O) groups excluding carboxylic acids is 1. The summed E-state index contributed by atoms with van der Waals surface area (Å²) in [5, 5.41) is 0. The van der Waals surface area contributed by atoms with E-state index in [-0.39, 0.29) is 5.91 Å². The Bertz CT molecular complexity index is 462. The third kappa shape index (κ3) is 1.98. The molecule has 0 spiro atoms. The molecule has 0 atom stereocenters. The summed E-state index contributed by atoms with van der Waals surface area (Å²) in [5.74, 6) is 1.44. The number of hydrogen-bond acceptors (Lipinski definition) is 4. The van der Waals surface area contributed by atoms with Crippen molar-refractivity contribution in [1.82, 2.24) is 4.90 Å². The Morgan fingerprint density at radius 2 is 2.27 bits per heavy atom. The van der Waals surface area contributed by atoms with Gasteiger partial charge in [0.15, 0.2) is 0 Å². The van der Waals surface area contributed by atoms with Crippen LogP contribution in [-0.2, 0) is 4.79 Å². The van der Waals surface area contributed by atoms with Crippen LogP contribution in [0.1, 0.15) is 11.5 Å². The molecule has 2 rings (SSSR count). The molecule has 1 saturated heterocycles. The van der Waals surface area contributed by atoms with Gasteiger partial charge in [0.2, 0.25) is 0 Å². The van der Waals surface area contributed by atoms with E-state index >= 15 is 0 Å². The summed E-state index contributed by atoms with van der Waals surface area (Å²) in [6, 6.07) is 3.69. The number of furan rings is 1. The smallest absolute Gasteiger partial charge is 0.266 e. The molecule has 1 aliphatic rings. The number of aryl methyl sites for hydroxylation is 1. The zero-order valence-electron chi connectivity index (χ0n) is 8.31. The maximum atomic E-state index is 11.6. The van der Waals surface area contributed by atoms with Gasteiger partial charge in [-0.15, -0.1) is 0 Å². The highest BCUT2D eigenvalue weighted by Gasteiger charge is 2.28. The average molecular weight is 239 g/mol. The number of carbonyl (C=O) groups is 1. The van der Waals surface area contributed by atoms with Crippen LogP contribution in [0.15, 0.2) is 21.5 Å². The molecule has 0 unspecified atom stereocenters. The average Bonchev–Trinajstić information content (AvgIpc) is 2.68. The van der Waals surface area contributed by atoms with Crippen LogP contribution in [-0.4, -0.2) is 22.2 Å². The van der Waals surface area contributed by atoms with Gasteiger partial charge in [-0.2, -0.15) is 0 Å². The van der Waals surface area contributed by atoms with Crippen molar-refractivity contribution in [3.05, 3.63) is 28.6 Å². The van der Waals surface area contributed by atoms with Crippen LogP contribution in [0.3, 0.4) is 0 Å². The third-order valence-electron chi connectivity index (χ3n) is 2.02. The molecule has 3 nitrogen and oxygen atoms in total. The number of hydrogen-bond donors (Lipinski definition) is 0. The maximum Gasteiger partial charge on any atom is 0.266 e. The molecule has 0 aliphatic carbocycles. The van der Waals surface area contributed by atoms with Gasteiger partial charge in [-0.25, -0.2) is 0 Å². The van der Waals surface area contributed by atoms with Gasteiger partial charge >= 0.3 is 0 Å². The molecule has 0 saturated carbocycles. The van der Waals surface area contributed by atoms with Crippen LogP contribution in [0.25, 0.3) is 6.08 Å². The summed E-state index contributed by atoms with van der Waals surface area (Å²) in [4.78, 5) is 13.7. The first kappa shape index (κ1) is 10.4. The first-order chi connectivity index (χ1) is 7.08. The quantitative estimate of drug-likeness (QED) is 0.556. The van der Waals surface area contributed by atoms with E-state index < -0.39 is 0 Å². The molecule has 0 bridgehead atoms. The highest BCUT2D eigenvalue weighted by Crippen LogP contribution is 2.31. The summed E-state index contributed by atoms with van der Waals surface area (Å²) in [6.45, 7) is 1.86. The van der Waals surface area contributed by atoms with Crippen molar-refractivity contribution in [2.45, 2.75) is 6.92 Å². The van der Waals surface area contributed by atoms with Gasteiger partial charge in [0.05, 0.1) is 4.91 Å². The second kappa shape index (κ2) is 3.83. The molecular weight excluding hydrogens is 230 g/mol. The lowest BCUT2D eigenvalue weighted by Gasteiger charge is -2.03. The maximum absolute atomic E-state index is 11.6. The van der Waals surface area contributed by atoms with Crippen LogP contribution in [0.5, 0.6) is 0 Å². The predicted octanol–water partition coefficient (Wildman–Crippen LogP) is 2.42. The Labute approximate surface area is 97.1 Å². The van der Waals surface area contributed by atoms with E-state index in [4.69, 9.17) is 16.6 Å². The first-order valence-corrected chi connectivity index (χ1v) is 5.58. The fourth-order valence-electron chi connectivity index (χ4n) is 1.21. The molecule has 1 aliphatic heterocycles. The molecule has 78 valence electrons. The minimum absolute atomic E-state index is 0.0703. The van der Waals surface area contributed by atoms with Gasteiger partial charge in [-0.3, -0.25) is 9.69 Å². The minimum Gasteiger partial charge on any atom is -0.462 e. The first-order valence-electron chi connectivity index (χ1n) is 4.36. The molecule has 1 aromatic rings. The second-order valence-electron chi connectivity index (χ2n) is 3.19. The van der Waals surface area contributed by atoms with Crippen LogP contribution >= 0.6 is 24.0 Å². The van der Waals surface area contributed by atoms with E-state index in [9.17, 15) is 4.79 Å². The molecule has 0 radical (unpaired) electrons. The van der Waals surface area contributed by atoms with Gasteiger partial charge in [-0.05, 0) is 19.1 Å². The van der Waals surface area contributed by atoms with Crippen molar-refractivity contribution >= 4 is 40.3 Å². The monoisotopic (exact) mass is 239 g/mol. The summed E-state index contributed by atoms with van der Waals surface area (Å²) in [7, 11) is 1.67. The molecule has 15 heavy (non-hydrogen) atoms. The van der Waals surface area contributed by atoms with E-state index in [0.717, 1.165) is 5.76 Å². The molecule has 0 aromatic carbocycles. The standard InChI is InChI=1S/C10H9NO2S2/c1-6-3-4-7(13-6)5-8-9(12)11(2)10(14)15-8/h3-5H,1-2H3/b8-5-. The topological polar surface area (TPSA) is 33.5 Å². The number of nitrogens with zero attached hydrogens (tertiary/aromatic N) is 1. The fourth-order valence-corrected chi connectivity index (χ4v) is 2.37. The fraction of sp³-hybridized carbons (Fsp3) is 0.200. The minimum atomic E-state index is -0.0703. The van der Waals surface area contributed by atoms with Crippen molar-refractivity contribution < 1.29 is 9.21 Å². The molecule has 2 heterocycles. The Morgan fingerprint density at radius 3 is 2.73 bits per heavy atom. The largest absolute Gasteiger partial charge is 0.462 e. The Kier molecular flexibility index (Phi) is 2.67. The summed E-state index contributed by atoms with van der Waals surface area (Å²) < 4.78 is 5.94. The van der Waals surface area contributed by atoms with Gasteiger partial charge in [0, 0.05) is 13.1 Å². The van der Waals surface area contributed by atoms with E-state index in [1.165, 1.54) is 16.7 Å². The predicted molar refractivity (Wildman–Crippen MR) is 64.4 cm³/mol. The molecule has 1 amide bonds. The van der Waals surface area contributed by atoms with Gasteiger partial charge in [0.1, 0.15) is 15.8 Å². The van der Waals surface area contributed by atoms with Crippen molar-refractivity contribution in [2.75, 3.05) is 7.05 Å². The molecular formula is C10H9NO2S2. The van der Waals surface area contributed by atoms with Crippen molar-refractivity contribution in [1.29, 1.82) is 0 Å². The number of rotatable bonds is 1. The van der Waals surface area contributed by atoms with E-state index in [1.54, 1.807) is 13.1 Å². The van der Waals surface area contributed by atoms with Gasteiger partial charge < -0.3 is 4.42 Å². The molecule has 1 fully saturated rings.